The molecule has 5 heteroatoms. The van der Waals surface area contributed by atoms with Crippen LogP contribution in [0, 0.1) is 5.41 Å². The van der Waals surface area contributed by atoms with E-state index in [-0.39, 0.29) is 0 Å². The number of quaternary nitrogens is 1. The summed E-state index contributed by atoms with van der Waals surface area (Å²) in [6.07, 6.45) is 5.53. The molecule has 9 rings (SSSR count). The van der Waals surface area contributed by atoms with E-state index in [1.807, 2.05) is 47.3 Å². The van der Waals surface area contributed by atoms with Crippen molar-refractivity contribution >= 4 is 87.6 Å². The standard InChI is InChI=1S/C44H30N4S/c45-44(43(29-10-2-1-3-11-29)39-28-46-24-25-47-39)30-18-20-32(21-19-30)48(33-22-23-42-38(27-33)37-16-8-9-17-41(37)49-42)40-26-31-12-4-5-13-34(31)35-14-6-7-15-36(35)40/h1-28,45,47H/p+1. The number of nitrogens with zero attached hydrogens (tertiary/aromatic N) is 2. The Morgan fingerprint density at radius 1 is 0.571 bits per heavy atom. The van der Waals surface area contributed by atoms with Gasteiger partial charge in [-0.3, -0.25) is 15.7 Å². The lowest BCUT2D eigenvalue weighted by Gasteiger charge is -2.28. The molecule has 2 heterocycles. The van der Waals surface area contributed by atoms with Gasteiger partial charge in [0.2, 0.25) is 0 Å². The fourth-order valence-corrected chi connectivity index (χ4v) is 8.08. The highest BCUT2D eigenvalue weighted by atomic mass is 32.1. The molecule has 7 aromatic carbocycles. The predicted octanol–water partition coefficient (Wildman–Crippen LogP) is 10.7. The van der Waals surface area contributed by atoms with E-state index in [0.29, 0.717) is 5.71 Å². The minimum Gasteiger partial charge on any atom is -0.310 e. The minimum absolute atomic E-state index is 0.458. The van der Waals surface area contributed by atoms with Gasteiger partial charge in [-0.05, 0) is 64.2 Å². The zero-order valence-electron chi connectivity index (χ0n) is 26.5. The molecule has 232 valence electrons. The summed E-state index contributed by atoms with van der Waals surface area (Å²) in [6, 6.07) is 53.7. The number of benzene rings is 7. The monoisotopic (exact) mass is 647 g/mol. The second kappa shape index (κ2) is 12.1. The van der Waals surface area contributed by atoms with Crippen LogP contribution in [0.15, 0.2) is 175 Å². The van der Waals surface area contributed by atoms with E-state index in [1.165, 1.54) is 41.7 Å². The molecule has 49 heavy (non-hydrogen) atoms. The Balaban J connectivity index is 1.23. The van der Waals surface area contributed by atoms with Crippen LogP contribution in [0.5, 0.6) is 0 Å². The van der Waals surface area contributed by atoms with Crippen molar-refractivity contribution in [2.75, 3.05) is 4.90 Å². The lowest BCUT2D eigenvalue weighted by atomic mass is 9.93. The Morgan fingerprint density at radius 2 is 1.24 bits per heavy atom. The second-order valence-corrected chi connectivity index (χ2v) is 13.3. The Bertz CT molecular complexity index is 2650. The van der Waals surface area contributed by atoms with Crippen molar-refractivity contribution in [2.24, 2.45) is 4.99 Å². The predicted molar refractivity (Wildman–Crippen MR) is 209 cm³/mol. The number of rotatable bonds is 6. The topological polar surface area (TPSA) is 56.1 Å². The number of nitrogens with two attached hydrogens (primary N) is 1. The molecule has 0 unspecified atom stereocenters. The van der Waals surface area contributed by atoms with Crippen molar-refractivity contribution in [3.05, 3.63) is 181 Å². The van der Waals surface area contributed by atoms with Crippen molar-refractivity contribution in [2.45, 2.75) is 0 Å². The minimum atomic E-state index is 0.458. The van der Waals surface area contributed by atoms with Gasteiger partial charge in [0, 0.05) is 42.5 Å². The van der Waals surface area contributed by atoms with Crippen LogP contribution in [0.2, 0.25) is 0 Å². The number of anilines is 3. The summed E-state index contributed by atoms with van der Waals surface area (Å²) in [6.45, 7) is 0. The van der Waals surface area contributed by atoms with Gasteiger partial charge in [-0.25, -0.2) is 0 Å². The SMILES string of the molecule is N=C(C(=C1C=NC=C[NH2+]1)c1ccccc1)c1ccc(N(c2ccc3sc4ccccc4c3c2)c2cc3ccccc3c3ccccc23)cc1. The first kappa shape index (κ1) is 29.0. The highest BCUT2D eigenvalue weighted by Crippen LogP contribution is 2.44. The van der Waals surface area contributed by atoms with Gasteiger partial charge in [0.15, 0.2) is 5.70 Å². The van der Waals surface area contributed by atoms with E-state index in [1.54, 1.807) is 6.20 Å². The van der Waals surface area contributed by atoms with Gasteiger partial charge in [-0.1, -0.05) is 109 Å². The zero-order chi connectivity index (χ0) is 32.7. The number of thiophene rings is 1. The molecule has 1 aliphatic rings. The van der Waals surface area contributed by atoms with Crippen LogP contribution in [-0.2, 0) is 0 Å². The molecule has 0 saturated carbocycles. The largest absolute Gasteiger partial charge is 0.310 e. The summed E-state index contributed by atoms with van der Waals surface area (Å²) >= 11 is 1.83. The van der Waals surface area contributed by atoms with Crippen molar-refractivity contribution in [1.82, 2.24) is 0 Å². The van der Waals surface area contributed by atoms with E-state index in [2.05, 4.69) is 143 Å². The molecular formula is C44H31N4S+. The van der Waals surface area contributed by atoms with Crippen molar-refractivity contribution in [1.29, 1.82) is 5.41 Å². The lowest BCUT2D eigenvalue weighted by molar-refractivity contribution is -0.525. The van der Waals surface area contributed by atoms with Gasteiger partial charge in [0.1, 0.15) is 6.20 Å². The number of allylic oxidation sites excluding steroid dienone is 2. The molecule has 0 bridgehead atoms. The maximum atomic E-state index is 9.44. The number of nitrogens with one attached hydrogen (secondary N) is 1. The summed E-state index contributed by atoms with van der Waals surface area (Å²) in [5, 5.41) is 18.8. The fraction of sp³-hybridized carbons (Fsp3) is 0. The third-order valence-electron chi connectivity index (χ3n) is 9.28. The number of aliphatic imine (C=N–C) groups is 1. The highest BCUT2D eigenvalue weighted by Gasteiger charge is 2.22. The van der Waals surface area contributed by atoms with E-state index < -0.39 is 0 Å². The first-order valence-electron chi connectivity index (χ1n) is 16.4. The molecule has 0 spiro atoms. The van der Waals surface area contributed by atoms with Crippen LogP contribution in [-0.4, -0.2) is 11.9 Å². The van der Waals surface area contributed by atoms with Crippen LogP contribution in [0.4, 0.5) is 17.1 Å². The smallest absolute Gasteiger partial charge is 0.162 e. The molecule has 0 amide bonds. The Labute approximate surface area is 288 Å². The summed E-state index contributed by atoms with van der Waals surface area (Å²) in [7, 11) is 0. The van der Waals surface area contributed by atoms with Crippen LogP contribution in [0.3, 0.4) is 0 Å². The van der Waals surface area contributed by atoms with Gasteiger partial charge < -0.3 is 4.90 Å². The normalized spacial score (nSPS) is 13.8. The number of hydrogen-bond acceptors (Lipinski definition) is 4. The second-order valence-electron chi connectivity index (χ2n) is 12.2. The van der Waals surface area contributed by atoms with Crippen LogP contribution < -0.4 is 10.2 Å². The molecule has 1 aliphatic heterocycles. The number of fused-ring (bicyclic) bond motifs is 6. The quantitative estimate of drug-likeness (QED) is 0.137. The number of hydrogen-bond donors (Lipinski definition) is 2. The van der Waals surface area contributed by atoms with Gasteiger partial charge in [-0.15, -0.1) is 11.3 Å². The third-order valence-corrected chi connectivity index (χ3v) is 10.4. The molecule has 1 aromatic heterocycles. The van der Waals surface area contributed by atoms with Crippen molar-refractivity contribution in [3.8, 4) is 0 Å². The Hall–Kier alpha value is -6.14. The molecule has 3 N–H and O–H groups in total. The van der Waals surface area contributed by atoms with Gasteiger partial charge in [0.25, 0.3) is 0 Å². The molecule has 0 fully saturated rings. The average molecular weight is 648 g/mol. The fourth-order valence-electron chi connectivity index (χ4n) is 6.99. The van der Waals surface area contributed by atoms with Crippen molar-refractivity contribution in [3.63, 3.8) is 0 Å². The average Bonchev–Trinajstić information content (AvgIpc) is 3.54. The Morgan fingerprint density at radius 3 is 2.04 bits per heavy atom. The zero-order valence-corrected chi connectivity index (χ0v) is 27.4. The van der Waals surface area contributed by atoms with Gasteiger partial charge in [0.05, 0.1) is 29.4 Å². The molecule has 0 saturated heterocycles. The van der Waals surface area contributed by atoms with Crippen LogP contribution in [0.1, 0.15) is 11.1 Å². The van der Waals surface area contributed by atoms with E-state index in [0.717, 1.165) is 39.5 Å². The third kappa shape index (κ3) is 5.13. The first-order chi connectivity index (χ1) is 24.2. The summed E-state index contributed by atoms with van der Waals surface area (Å²) in [4.78, 5) is 6.74. The maximum absolute atomic E-state index is 9.44. The molecule has 0 radical (unpaired) electrons. The summed E-state index contributed by atoms with van der Waals surface area (Å²) < 4.78 is 2.57. The van der Waals surface area contributed by atoms with Gasteiger partial charge in [-0.2, -0.15) is 0 Å². The molecular weight excluding hydrogens is 617 g/mol. The molecule has 0 atom stereocenters. The summed E-state index contributed by atoms with van der Waals surface area (Å²) in [5.41, 5.74) is 7.29. The highest BCUT2D eigenvalue weighted by molar-refractivity contribution is 7.25. The molecule has 0 aliphatic carbocycles. The van der Waals surface area contributed by atoms with Gasteiger partial charge >= 0.3 is 0 Å². The molecule has 4 nitrogen and oxygen atoms in total. The van der Waals surface area contributed by atoms with Crippen molar-refractivity contribution < 1.29 is 5.32 Å². The van der Waals surface area contributed by atoms with Crippen LogP contribution >= 0.6 is 11.3 Å². The lowest BCUT2D eigenvalue weighted by Crippen LogP contribution is -2.77. The van der Waals surface area contributed by atoms with E-state index in [9.17, 15) is 5.41 Å². The first-order valence-corrected chi connectivity index (χ1v) is 17.2. The van der Waals surface area contributed by atoms with E-state index >= 15 is 0 Å². The van der Waals surface area contributed by atoms with E-state index in [4.69, 9.17) is 0 Å². The van der Waals surface area contributed by atoms with Crippen LogP contribution in [0.25, 0.3) is 47.3 Å². The summed E-state index contributed by atoms with van der Waals surface area (Å²) in [5.74, 6) is 0. The maximum Gasteiger partial charge on any atom is 0.162 e. The Kier molecular flexibility index (Phi) is 7.20. The molecule has 8 aromatic rings.